The normalized spacial score (nSPS) is 15.5. The molecule has 1 aliphatic rings. The summed E-state index contributed by atoms with van der Waals surface area (Å²) in [6, 6.07) is 14.8. The summed E-state index contributed by atoms with van der Waals surface area (Å²) < 4.78 is 26.8. The molecule has 0 saturated carbocycles. The monoisotopic (exact) mass is 445 g/mol. The number of carbonyl (C=O) groups is 1. The number of hydrogen-bond acceptors (Lipinski definition) is 6. The fourth-order valence-electron chi connectivity index (χ4n) is 2.94. The Bertz CT molecular complexity index is 1110. The first-order valence-corrected chi connectivity index (χ1v) is 10.9. The van der Waals surface area contributed by atoms with Crippen molar-refractivity contribution >= 4 is 38.9 Å². The molecule has 1 amide bonds. The fraction of sp³-hybridized carbons (Fsp3) is 0.200. The van der Waals surface area contributed by atoms with E-state index in [-0.39, 0.29) is 23.6 Å². The Morgan fingerprint density at radius 3 is 2.40 bits per heavy atom. The van der Waals surface area contributed by atoms with E-state index in [1.165, 1.54) is 16.6 Å². The van der Waals surface area contributed by atoms with E-state index in [4.69, 9.17) is 17.3 Å². The molecule has 30 heavy (non-hydrogen) atoms. The quantitative estimate of drug-likeness (QED) is 0.414. The van der Waals surface area contributed by atoms with Gasteiger partial charge in [0.25, 0.3) is 5.91 Å². The molecule has 1 aliphatic heterocycles. The van der Waals surface area contributed by atoms with Gasteiger partial charge < -0.3 is 16.0 Å². The smallest absolute Gasteiger partial charge is 0.267 e. The van der Waals surface area contributed by atoms with Crippen LogP contribution in [0.4, 0.5) is 11.4 Å². The summed E-state index contributed by atoms with van der Waals surface area (Å²) in [5.74, 6) is -0.585. The van der Waals surface area contributed by atoms with E-state index in [9.17, 15) is 18.5 Å². The lowest BCUT2D eigenvalue weighted by Gasteiger charge is -2.33. The number of sulfonamides is 1. The van der Waals surface area contributed by atoms with Crippen LogP contribution in [0, 0.1) is 11.3 Å². The molecule has 1 fully saturated rings. The summed E-state index contributed by atoms with van der Waals surface area (Å²) in [5, 5.41) is 12.3. The number of carbonyl (C=O) groups excluding carboxylic acids is 1. The van der Waals surface area contributed by atoms with Crippen LogP contribution in [0.5, 0.6) is 0 Å². The van der Waals surface area contributed by atoms with Crippen molar-refractivity contribution in [2.45, 2.75) is 4.90 Å². The lowest BCUT2D eigenvalue weighted by molar-refractivity contribution is -0.112. The molecule has 3 rings (SSSR count). The van der Waals surface area contributed by atoms with Crippen LogP contribution in [0.1, 0.15) is 0 Å². The first-order valence-electron chi connectivity index (χ1n) is 9.09. The first-order chi connectivity index (χ1) is 14.3. The number of nitrogen functional groups attached to an aromatic ring is 1. The standard InChI is InChI=1S/C20H20ClN5O3S/c21-18-12-16(6-7-19(18)23)24-20(27)15(13-22)14-25-8-10-26(11-9-25)30(28,29)17-4-2-1-3-5-17/h1-7,12,14H,8-11,23H2,(H,24,27)/b15-14-. The van der Waals surface area contributed by atoms with Crippen LogP contribution >= 0.6 is 11.6 Å². The van der Waals surface area contributed by atoms with Gasteiger partial charge in [0, 0.05) is 38.1 Å². The summed E-state index contributed by atoms with van der Waals surface area (Å²) in [4.78, 5) is 14.4. The topological polar surface area (TPSA) is 120 Å². The Labute approximate surface area is 180 Å². The Morgan fingerprint density at radius 2 is 1.80 bits per heavy atom. The van der Waals surface area contributed by atoms with Crippen molar-refractivity contribution in [2.75, 3.05) is 37.2 Å². The van der Waals surface area contributed by atoms with Gasteiger partial charge in [-0.25, -0.2) is 8.42 Å². The van der Waals surface area contributed by atoms with E-state index in [0.29, 0.717) is 29.5 Å². The molecule has 2 aromatic carbocycles. The third-order valence-electron chi connectivity index (χ3n) is 4.59. The number of halogens is 1. The largest absolute Gasteiger partial charge is 0.398 e. The van der Waals surface area contributed by atoms with E-state index < -0.39 is 15.9 Å². The lowest BCUT2D eigenvalue weighted by atomic mass is 10.2. The second-order valence-corrected chi connectivity index (χ2v) is 8.94. The molecule has 0 unspecified atom stereocenters. The zero-order chi connectivity index (χ0) is 21.7. The highest BCUT2D eigenvalue weighted by molar-refractivity contribution is 7.89. The molecule has 156 valence electrons. The minimum atomic E-state index is -3.57. The van der Waals surface area contributed by atoms with Crippen LogP contribution in [-0.4, -0.2) is 49.7 Å². The van der Waals surface area contributed by atoms with Crippen LogP contribution < -0.4 is 11.1 Å². The van der Waals surface area contributed by atoms with E-state index >= 15 is 0 Å². The van der Waals surface area contributed by atoms with Gasteiger partial charge in [0.1, 0.15) is 11.6 Å². The van der Waals surface area contributed by atoms with Crippen LogP contribution in [0.15, 0.2) is 65.2 Å². The number of rotatable bonds is 5. The Balaban J connectivity index is 1.64. The zero-order valence-corrected chi connectivity index (χ0v) is 17.5. The third-order valence-corrected chi connectivity index (χ3v) is 6.83. The van der Waals surface area contributed by atoms with Crippen LogP contribution in [0.2, 0.25) is 5.02 Å². The number of amides is 1. The molecule has 0 spiro atoms. The van der Waals surface area contributed by atoms with Crippen molar-refractivity contribution in [3.05, 3.63) is 65.3 Å². The lowest BCUT2D eigenvalue weighted by Crippen LogP contribution is -2.46. The fourth-order valence-corrected chi connectivity index (χ4v) is 4.56. The predicted octanol–water partition coefficient (Wildman–Crippen LogP) is 2.27. The Hall–Kier alpha value is -3.06. The molecule has 10 heteroatoms. The molecular formula is C20H20ClN5O3S. The maximum Gasteiger partial charge on any atom is 0.267 e. The van der Waals surface area contributed by atoms with E-state index in [2.05, 4.69) is 5.32 Å². The van der Waals surface area contributed by atoms with Gasteiger partial charge in [0.05, 0.1) is 15.6 Å². The molecule has 0 bridgehead atoms. The van der Waals surface area contributed by atoms with Crippen LogP contribution in [-0.2, 0) is 14.8 Å². The van der Waals surface area contributed by atoms with Gasteiger partial charge >= 0.3 is 0 Å². The molecule has 1 heterocycles. The molecule has 1 saturated heterocycles. The van der Waals surface area contributed by atoms with Gasteiger partial charge in [-0.2, -0.15) is 9.57 Å². The molecule has 0 aliphatic carbocycles. The maximum absolute atomic E-state index is 12.7. The van der Waals surface area contributed by atoms with Crippen molar-refractivity contribution in [3.63, 3.8) is 0 Å². The van der Waals surface area contributed by atoms with Crippen molar-refractivity contribution in [2.24, 2.45) is 0 Å². The average molecular weight is 446 g/mol. The second-order valence-electron chi connectivity index (χ2n) is 6.60. The molecule has 2 aromatic rings. The third kappa shape index (κ3) is 4.91. The minimum Gasteiger partial charge on any atom is -0.398 e. The Kier molecular flexibility index (Phi) is 6.62. The Morgan fingerprint density at radius 1 is 1.13 bits per heavy atom. The summed E-state index contributed by atoms with van der Waals surface area (Å²) in [7, 11) is -3.57. The summed E-state index contributed by atoms with van der Waals surface area (Å²) in [5.41, 5.74) is 6.35. The first kappa shape index (κ1) is 21.6. The van der Waals surface area contributed by atoms with Crippen LogP contribution in [0.3, 0.4) is 0 Å². The predicted molar refractivity (Wildman–Crippen MR) is 115 cm³/mol. The molecule has 8 nitrogen and oxygen atoms in total. The van der Waals surface area contributed by atoms with E-state index in [1.807, 2.05) is 6.07 Å². The van der Waals surface area contributed by atoms with Gasteiger partial charge in [0.2, 0.25) is 10.0 Å². The highest BCUT2D eigenvalue weighted by atomic mass is 35.5. The molecule has 0 aromatic heterocycles. The summed E-state index contributed by atoms with van der Waals surface area (Å²) >= 11 is 5.94. The van der Waals surface area contributed by atoms with Crippen molar-refractivity contribution in [1.82, 2.24) is 9.21 Å². The zero-order valence-electron chi connectivity index (χ0n) is 16.0. The minimum absolute atomic E-state index is 0.0951. The van der Waals surface area contributed by atoms with Gasteiger partial charge in [-0.3, -0.25) is 4.79 Å². The molecule has 0 radical (unpaired) electrons. The number of nitrogens with two attached hydrogens (primary N) is 1. The number of benzene rings is 2. The number of hydrogen-bond donors (Lipinski definition) is 2. The number of anilines is 2. The SMILES string of the molecule is N#C/C(=C/N1CCN(S(=O)(=O)c2ccccc2)CC1)C(=O)Nc1ccc(N)c(Cl)c1. The maximum atomic E-state index is 12.7. The van der Waals surface area contributed by atoms with Gasteiger partial charge in [-0.15, -0.1) is 0 Å². The second kappa shape index (κ2) is 9.17. The van der Waals surface area contributed by atoms with Gasteiger partial charge in [-0.1, -0.05) is 29.8 Å². The number of nitriles is 1. The summed E-state index contributed by atoms with van der Waals surface area (Å²) in [6.07, 6.45) is 1.45. The van der Waals surface area contributed by atoms with Crippen LogP contribution in [0.25, 0.3) is 0 Å². The van der Waals surface area contributed by atoms with Crippen molar-refractivity contribution in [3.8, 4) is 6.07 Å². The van der Waals surface area contributed by atoms with Gasteiger partial charge in [-0.05, 0) is 30.3 Å². The number of piperazine rings is 1. The van der Waals surface area contributed by atoms with E-state index in [0.717, 1.165) is 0 Å². The summed E-state index contributed by atoms with van der Waals surface area (Å²) in [6.45, 7) is 1.22. The van der Waals surface area contributed by atoms with Gasteiger partial charge in [0.15, 0.2) is 0 Å². The average Bonchev–Trinajstić information content (AvgIpc) is 2.75. The number of nitrogens with zero attached hydrogens (tertiary/aromatic N) is 3. The van der Waals surface area contributed by atoms with Crippen molar-refractivity contribution in [1.29, 1.82) is 5.26 Å². The highest BCUT2D eigenvalue weighted by Crippen LogP contribution is 2.23. The number of nitrogens with one attached hydrogen (secondary N) is 1. The van der Waals surface area contributed by atoms with Crippen molar-refractivity contribution < 1.29 is 13.2 Å². The molecule has 3 N–H and O–H groups in total. The van der Waals surface area contributed by atoms with E-state index in [1.54, 1.807) is 47.4 Å². The molecular weight excluding hydrogens is 426 g/mol. The highest BCUT2D eigenvalue weighted by Gasteiger charge is 2.28. The molecule has 0 atom stereocenters.